The molecule has 8 nitrogen and oxygen atoms in total. The summed E-state index contributed by atoms with van der Waals surface area (Å²) in [6, 6.07) is 4.43. The number of carbonyl (C=O) groups is 5. The van der Waals surface area contributed by atoms with Crippen LogP contribution < -0.4 is 0 Å². The van der Waals surface area contributed by atoms with Gasteiger partial charge in [-0.05, 0) is 0 Å². The van der Waals surface area contributed by atoms with E-state index in [1.165, 1.54) is 12.1 Å². The Morgan fingerprint density at radius 3 is 2.07 bits per heavy atom. The van der Waals surface area contributed by atoms with Gasteiger partial charge in [0.05, 0.1) is 20.6 Å². The third kappa shape index (κ3) is 3.75. The van der Waals surface area contributed by atoms with Crippen molar-refractivity contribution in [3.05, 3.63) is 46.1 Å². The van der Waals surface area contributed by atoms with Crippen LogP contribution in [0.15, 0.2) is 35.0 Å². The van der Waals surface area contributed by atoms with Crippen LogP contribution in [0.5, 0.6) is 0 Å². The first-order chi connectivity index (χ1) is 12.7. The fraction of sp³-hybridized carbons (Fsp3) is 0.278. The van der Waals surface area contributed by atoms with Crippen LogP contribution in [0.3, 0.4) is 0 Å². The average molecular weight is 394 g/mol. The highest BCUT2D eigenvalue weighted by molar-refractivity contribution is 6.50. The molecule has 0 spiro atoms. The minimum Gasteiger partial charge on any atom is -0.469 e. The van der Waals surface area contributed by atoms with Crippen LogP contribution in [0.1, 0.15) is 34.1 Å². The monoisotopic (exact) mass is 393 g/mol. The van der Waals surface area contributed by atoms with Crippen molar-refractivity contribution >= 4 is 41.0 Å². The van der Waals surface area contributed by atoms with Gasteiger partial charge in [0.25, 0.3) is 0 Å². The summed E-state index contributed by atoms with van der Waals surface area (Å²) in [7, 11) is 2.16. The molecule has 0 aromatic heterocycles. The Morgan fingerprint density at radius 1 is 1.04 bits per heavy atom. The van der Waals surface area contributed by atoms with Crippen LogP contribution in [0, 0.1) is 0 Å². The molecule has 0 radical (unpaired) electrons. The van der Waals surface area contributed by atoms with E-state index in [1.54, 1.807) is 12.1 Å². The molecule has 1 aromatic carbocycles. The molecule has 0 saturated carbocycles. The number of benzene rings is 1. The average Bonchev–Trinajstić information content (AvgIpc) is 2.66. The van der Waals surface area contributed by atoms with Gasteiger partial charge in [-0.3, -0.25) is 24.1 Å². The number of halogens is 1. The summed E-state index contributed by atoms with van der Waals surface area (Å²) < 4.78 is 9.18. The molecule has 1 unspecified atom stereocenters. The lowest BCUT2D eigenvalue weighted by Crippen LogP contribution is -2.48. The number of ketones is 2. The molecule has 0 aliphatic heterocycles. The summed E-state index contributed by atoms with van der Waals surface area (Å²) in [5.41, 5.74) is -0.357. The number of hydrogen-bond donors (Lipinski definition) is 0. The number of hydrogen-bond acceptors (Lipinski definition) is 7. The number of rotatable bonds is 5. The normalized spacial score (nSPS) is 14.4. The van der Waals surface area contributed by atoms with E-state index in [2.05, 4.69) is 9.47 Å². The second kappa shape index (κ2) is 8.13. The van der Waals surface area contributed by atoms with Gasteiger partial charge in [0.15, 0.2) is 0 Å². The summed E-state index contributed by atoms with van der Waals surface area (Å²) in [5, 5.41) is -0.521. The Hall–Kier alpha value is -3.00. The molecular weight excluding hydrogens is 378 g/mol. The minimum absolute atomic E-state index is 0.0369. The molecule has 1 amide bonds. The van der Waals surface area contributed by atoms with Gasteiger partial charge >= 0.3 is 11.9 Å². The van der Waals surface area contributed by atoms with Crippen LogP contribution >= 0.6 is 11.6 Å². The van der Waals surface area contributed by atoms with Crippen molar-refractivity contribution in [3.8, 4) is 0 Å². The molecule has 1 aliphatic carbocycles. The second-order valence-electron chi connectivity index (χ2n) is 5.57. The first-order valence-corrected chi connectivity index (χ1v) is 8.15. The zero-order valence-corrected chi connectivity index (χ0v) is 15.5. The first kappa shape index (κ1) is 20.3. The Kier molecular flexibility index (Phi) is 6.12. The van der Waals surface area contributed by atoms with Crippen molar-refractivity contribution in [2.45, 2.75) is 19.4 Å². The van der Waals surface area contributed by atoms with Crippen LogP contribution in [-0.2, 0) is 23.9 Å². The number of fused-ring (bicyclic) bond motifs is 1. The molecule has 27 heavy (non-hydrogen) atoms. The Bertz CT molecular complexity index is 874. The molecule has 0 N–H and O–H groups in total. The van der Waals surface area contributed by atoms with E-state index < -0.39 is 52.6 Å². The fourth-order valence-corrected chi connectivity index (χ4v) is 3.02. The molecule has 0 saturated heterocycles. The van der Waals surface area contributed by atoms with Crippen LogP contribution in [-0.4, -0.2) is 54.6 Å². The third-order valence-corrected chi connectivity index (χ3v) is 4.34. The number of ether oxygens (including phenoxy) is 2. The topological polar surface area (TPSA) is 107 Å². The highest BCUT2D eigenvalue weighted by Crippen LogP contribution is 2.32. The molecule has 0 heterocycles. The van der Waals surface area contributed by atoms with E-state index in [-0.39, 0.29) is 11.1 Å². The number of carbonyl (C=O) groups excluding carboxylic acids is 5. The molecule has 0 bridgehead atoms. The van der Waals surface area contributed by atoms with Crippen molar-refractivity contribution in [2.24, 2.45) is 0 Å². The van der Waals surface area contributed by atoms with Crippen molar-refractivity contribution in [1.29, 1.82) is 0 Å². The molecule has 9 heteroatoms. The quantitative estimate of drug-likeness (QED) is 0.697. The van der Waals surface area contributed by atoms with Gasteiger partial charge in [0.2, 0.25) is 17.5 Å². The Labute approximate surface area is 159 Å². The zero-order valence-electron chi connectivity index (χ0n) is 14.8. The zero-order chi connectivity index (χ0) is 20.3. The maximum absolute atomic E-state index is 12.9. The van der Waals surface area contributed by atoms with Crippen LogP contribution in [0.2, 0.25) is 0 Å². The largest absolute Gasteiger partial charge is 0.469 e. The lowest BCUT2D eigenvalue weighted by atomic mass is 9.91. The van der Waals surface area contributed by atoms with E-state index in [9.17, 15) is 24.0 Å². The van der Waals surface area contributed by atoms with E-state index >= 15 is 0 Å². The number of methoxy groups -OCH3 is 2. The highest BCUT2D eigenvalue weighted by atomic mass is 35.5. The summed E-state index contributed by atoms with van der Waals surface area (Å²) in [4.78, 5) is 62.4. The number of nitrogens with zero attached hydrogens (tertiary/aromatic N) is 1. The fourth-order valence-electron chi connectivity index (χ4n) is 2.74. The van der Waals surface area contributed by atoms with Crippen LogP contribution in [0.25, 0.3) is 0 Å². The van der Waals surface area contributed by atoms with Crippen molar-refractivity contribution < 1.29 is 33.4 Å². The van der Waals surface area contributed by atoms with Crippen molar-refractivity contribution in [2.75, 3.05) is 14.2 Å². The van der Waals surface area contributed by atoms with E-state index in [4.69, 9.17) is 11.6 Å². The molecule has 1 aromatic rings. The first-order valence-electron chi connectivity index (χ1n) is 7.77. The molecular formula is C18H16ClNO7. The third-order valence-electron chi connectivity index (χ3n) is 3.99. The molecule has 142 valence electrons. The lowest BCUT2D eigenvalue weighted by molar-refractivity contribution is -0.155. The van der Waals surface area contributed by atoms with Gasteiger partial charge in [-0.2, -0.15) is 0 Å². The Morgan fingerprint density at radius 2 is 1.59 bits per heavy atom. The van der Waals surface area contributed by atoms with Gasteiger partial charge in [0.1, 0.15) is 16.8 Å². The molecule has 1 atom stereocenters. The smallest absolute Gasteiger partial charge is 0.329 e. The van der Waals surface area contributed by atoms with Gasteiger partial charge < -0.3 is 9.47 Å². The number of amides is 1. The highest BCUT2D eigenvalue weighted by Gasteiger charge is 2.42. The minimum atomic E-state index is -1.52. The lowest BCUT2D eigenvalue weighted by Gasteiger charge is -2.32. The number of allylic oxidation sites excluding steroid dienone is 2. The van der Waals surface area contributed by atoms with Gasteiger partial charge in [-0.1, -0.05) is 35.9 Å². The van der Waals surface area contributed by atoms with Crippen LogP contribution in [0.4, 0.5) is 0 Å². The molecule has 1 aliphatic rings. The van der Waals surface area contributed by atoms with Gasteiger partial charge in [0, 0.05) is 18.1 Å². The predicted molar refractivity (Wildman–Crippen MR) is 92.9 cm³/mol. The van der Waals surface area contributed by atoms with Crippen molar-refractivity contribution in [3.63, 3.8) is 0 Å². The van der Waals surface area contributed by atoms with E-state index in [1.807, 2.05) is 0 Å². The number of esters is 2. The van der Waals surface area contributed by atoms with E-state index in [0.29, 0.717) is 4.90 Å². The van der Waals surface area contributed by atoms with Gasteiger partial charge in [-0.25, -0.2) is 4.79 Å². The SMILES string of the molecule is COC(=O)CC(C(=O)OC)N(C(C)=O)C1=C(Cl)C(=O)c2ccccc2C1=O. The maximum atomic E-state index is 12.9. The summed E-state index contributed by atoms with van der Waals surface area (Å²) >= 11 is 6.10. The van der Waals surface area contributed by atoms with E-state index in [0.717, 1.165) is 21.1 Å². The Balaban J connectivity index is 2.64. The molecule has 2 rings (SSSR count). The van der Waals surface area contributed by atoms with Gasteiger partial charge in [-0.15, -0.1) is 0 Å². The number of Topliss-reactive ketones (excluding diaryl/α,β-unsaturated/α-hetero) is 2. The predicted octanol–water partition coefficient (Wildman–Crippen LogP) is 1.47. The second-order valence-corrected chi connectivity index (χ2v) is 5.95. The summed E-state index contributed by atoms with van der Waals surface area (Å²) in [6.07, 6.45) is -0.584. The van der Waals surface area contributed by atoms with Crippen molar-refractivity contribution in [1.82, 2.24) is 4.90 Å². The maximum Gasteiger partial charge on any atom is 0.329 e. The summed E-state index contributed by atoms with van der Waals surface area (Å²) in [5.74, 6) is -3.95. The summed E-state index contributed by atoms with van der Waals surface area (Å²) in [6.45, 7) is 1.07. The standard InChI is InChI=1S/C18H16ClNO7/c1-9(21)20(12(18(25)27-3)8-13(22)26-2)15-14(19)16(23)10-6-4-5-7-11(10)17(15)24/h4-7,12H,8H2,1-3H3. The molecule has 0 fully saturated rings.